The smallest absolute Gasteiger partial charge is 0.408 e. The maximum Gasteiger partial charge on any atom is 0.408 e. The zero-order valence-corrected chi connectivity index (χ0v) is 23.6. The van der Waals surface area contributed by atoms with E-state index in [4.69, 9.17) is 10.5 Å². The number of benzene rings is 2. The average molecular weight is 557 g/mol. The number of aromatic amines is 1. The standard InChI is InChI=1S/C31H36N6O4/c1-31(2,3)41-30(40)36-25(16-21-18-34-24-8-5-4-7-22(21)24)29(39)37-14-6-9-26(37)28(38)35-17-19-10-11-23-20(15-19)12-13-33-27(23)32/h4-5,7-8,10-13,15,18,25-26,34H,6,9,14,16-17H2,1-3H3,(H2,32,33)(H,35,38)(H,36,40)/t25-,26+/m1/s1. The fourth-order valence-corrected chi connectivity index (χ4v) is 5.34. The van der Waals surface area contributed by atoms with Crippen LogP contribution in [0.4, 0.5) is 10.6 Å². The number of rotatable bonds is 7. The van der Waals surface area contributed by atoms with Crippen LogP contribution in [0.25, 0.3) is 21.7 Å². The molecule has 0 spiro atoms. The molecule has 2 aromatic carbocycles. The van der Waals surface area contributed by atoms with Crippen LogP contribution < -0.4 is 16.4 Å². The topological polar surface area (TPSA) is 142 Å². The summed E-state index contributed by atoms with van der Waals surface area (Å²) in [4.78, 5) is 48.9. The summed E-state index contributed by atoms with van der Waals surface area (Å²) in [5, 5.41) is 8.54. The first-order valence-corrected chi connectivity index (χ1v) is 13.8. The van der Waals surface area contributed by atoms with Gasteiger partial charge in [0.15, 0.2) is 0 Å². The highest BCUT2D eigenvalue weighted by atomic mass is 16.6. The van der Waals surface area contributed by atoms with E-state index in [9.17, 15) is 14.4 Å². The minimum Gasteiger partial charge on any atom is -0.444 e. The summed E-state index contributed by atoms with van der Waals surface area (Å²) in [5.41, 5.74) is 7.98. The Labute approximate surface area is 238 Å². The molecule has 1 aliphatic heterocycles. The van der Waals surface area contributed by atoms with E-state index >= 15 is 0 Å². The maximum absolute atomic E-state index is 13.9. The van der Waals surface area contributed by atoms with Gasteiger partial charge in [0.1, 0.15) is 23.5 Å². The highest BCUT2D eigenvalue weighted by molar-refractivity contribution is 5.93. The zero-order chi connectivity index (χ0) is 29.1. The molecule has 1 fully saturated rings. The second-order valence-corrected chi connectivity index (χ2v) is 11.4. The number of likely N-dealkylation sites (tertiary alicyclic amines) is 1. The molecule has 3 amide bonds. The monoisotopic (exact) mass is 556 g/mol. The van der Waals surface area contributed by atoms with Gasteiger partial charge in [0.05, 0.1) is 0 Å². The van der Waals surface area contributed by atoms with Crippen molar-refractivity contribution < 1.29 is 19.1 Å². The van der Waals surface area contributed by atoms with Crippen LogP contribution in [0.2, 0.25) is 0 Å². The quantitative estimate of drug-likeness (QED) is 0.271. The van der Waals surface area contributed by atoms with Gasteiger partial charge in [-0.1, -0.05) is 30.3 Å². The lowest BCUT2D eigenvalue weighted by atomic mass is 10.0. The Balaban J connectivity index is 1.31. The Hall–Kier alpha value is -4.60. The first-order valence-electron chi connectivity index (χ1n) is 13.8. The third kappa shape index (κ3) is 6.42. The number of para-hydroxylation sites is 1. The third-order valence-electron chi connectivity index (χ3n) is 7.25. The molecule has 2 atom stereocenters. The van der Waals surface area contributed by atoms with Gasteiger partial charge < -0.3 is 31.0 Å². The summed E-state index contributed by atoms with van der Waals surface area (Å²) in [6, 6.07) is 13.9. The van der Waals surface area contributed by atoms with E-state index in [1.54, 1.807) is 31.9 Å². The van der Waals surface area contributed by atoms with Crippen molar-refractivity contribution in [3.8, 4) is 0 Å². The number of amides is 3. The second-order valence-electron chi connectivity index (χ2n) is 11.4. The lowest BCUT2D eigenvalue weighted by Gasteiger charge is -2.29. The number of nitrogens with zero attached hydrogens (tertiary/aromatic N) is 2. The summed E-state index contributed by atoms with van der Waals surface area (Å²) in [5.74, 6) is -0.0823. The molecule has 214 valence electrons. The molecule has 10 nitrogen and oxygen atoms in total. The molecule has 1 aliphatic rings. The number of pyridine rings is 1. The number of carbonyl (C=O) groups excluding carboxylic acids is 3. The molecular formula is C31H36N6O4. The minimum absolute atomic E-state index is 0.228. The van der Waals surface area contributed by atoms with Gasteiger partial charge in [-0.15, -0.1) is 0 Å². The van der Waals surface area contributed by atoms with Gasteiger partial charge >= 0.3 is 6.09 Å². The average Bonchev–Trinajstić information content (AvgIpc) is 3.58. The largest absolute Gasteiger partial charge is 0.444 e. The van der Waals surface area contributed by atoms with Crippen molar-refractivity contribution in [2.45, 2.75) is 64.3 Å². The summed E-state index contributed by atoms with van der Waals surface area (Å²) >= 11 is 0. The Kier molecular flexibility index (Phi) is 7.83. The first-order chi connectivity index (χ1) is 19.6. The van der Waals surface area contributed by atoms with Gasteiger partial charge in [0, 0.05) is 48.2 Å². The number of alkyl carbamates (subject to hydrolysis) is 1. The van der Waals surface area contributed by atoms with Crippen LogP contribution in [-0.4, -0.2) is 57.0 Å². The van der Waals surface area contributed by atoms with Crippen molar-refractivity contribution in [3.63, 3.8) is 0 Å². The third-order valence-corrected chi connectivity index (χ3v) is 7.25. The minimum atomic E-state index is -0.906. The number of anilines is 1. The highest BCUT2D eigenvalue weighted by Gasteiger charge is 2.38. The highest BCUT2D eigenvalue weighted by Crippen LogP contribution is 2.24. The number of nitrogen functional groups attached to an aromatic ring is 1. The van der Waals surface area contributed by atoms with E-state index in [0.29, 0.717) is 31.7 Å². The Bertz CT molecular complexity index is 1590. The number of nitrogens with two attached hydrogens (primary N) is 1. The van der Waals surface area contributed by atoms with Crippen LogP contribution in [0.5, 0.6) is 0 Å². The number of hydrogen-bond acceptors (Lipinski definition) is 6. The van der Waals surface area contributed by atoms with Gasteiger partial charge in [0.25, 0.3) is 0 Å². The predicted molar refractivity (Wildman–Crippen MR) is 158 cm³/mol. The van der Waals surface area contributed by atoms with Crippen LogP contribution in [0.3, 0.4) is 0 Å². The van der Waals surface area contributed by atoms with E-state index in [-0.39, 0.29) is 18.2 Å². The molecule has 10 heteroatoms. The van der Waals surface area contributed by atoms with Crippen LogP contribution in [0.1, 0.15) is 44.7 Å². The van der Waals surface area contributed by atoms with Crippen LogP contribution in [0.15, 0.2) is 60.9 Å². The molecule has 4 aromatic rings. The number of carbonyl (C=O) groups is 3. The number of hydrogen-bond donors (Lipinski definition) is 4. The molecule has 0 radical (unpaired) electrons. The molecule has 1 saturated heterocycles. The second kappa shape index (κ2) is 11.5. The fraction of sp³-hybridized carbons (Fsp3) is 0.355. The van der Waals surface area contributed by atoms with Crippen molar-refractivity contribution in [2.24, 2.45) is 0 Å². The van der Waals surface area contributed by atoms with Crippen molar-refractivity contribution >= 4 is 45.4 Å². The molecule has 3 heterocycles. The maximum atomic E-state index is 13.9. The Morgan fingerprint density at radius 2 is 1.95 bits per heavy atom. The number of ether oxygens (including phenoxy) is 1. The zero-order valence-electron chi connectivity index (χ0n) is 23.6. The number of fused-ring (bicyclic) bond motifs is 2. The Morgan fingerprint density at radius 3 is 2.76 bits per heavy atom. The molecule has 0 saturated carbocycles. The molecule has 2 aromatic heterocycles. The molecular weight excluding hydrogens is 520 g/mol. The molecule has 5 N–H and O–H groups in total. The summed E-state index contributed by atoms with van der Waals surface area (Å²) in [6.07, 6.45) is 4.32. The fourth-order valence-electron chi connectivity index (χ4n) is 5.34. The summed E-state index contributed by atoms with van der Waals surface area (Å²) in [7, 11) is 0. The van der Waals surface area contributed by atoms with Crippen LogP contribution in [-0.2, 0) is 27.3 Å². The van der Waals surface area contributed by atoms with Crippen molar-refractivity contribution in [1.29, 1.82) is 0 Å². The summed E-state index contributed by atoms with van der Waals surface area (Å²) in [6.45, 7) is 6.05. The van der Waals surface area contributed by atoms with Gasteiger partial charge in [-0.25, -0.2) is 9.78 Å². The van der Waals surface area contributed by atoms with E-state index < -0.39 is 23.8 Å². The summed E-state index contributed by atoms with van der Waals surface area (Å²) < 4.78 is 5.47. The van der Waals surface area contributed by atoms with Crippen molar-refractivity contribution in [3.05, 3.63) is 72.1 Å². The van der Waals surface area contributed by atoms with E-state index in [0.717, 1.165) is 32.8 Å². The molecule has 0 unspecified atom stereocenters. The molecule has 5 rings (SSSR count). The molecule has 0 aliphatic carbocycles. The van der Waals surface area contributed by atoms with Gasteiger partial charge in [-0.2, -0.15) is 0 Å². The Morgan fingerprint density at radius 1 is 1.15 bits per heavy atom. The lowest BCUT2D eigenvalue weighted by molar-refractivity contribution is -0.140. The van der Waals surface area contributed by atoms with Crippen LogP contribution in [0, 0.1) is 0 Å². The van der Waals surface area contributed by atoms with E-state index in [1.807, 2.05) is 54.7 Å². The molecule has 0 bridgehead atoms. The predicted octanol–water partition coefficient (Wildman–Crippen LogP) is 4.04. The number of H-pyrrole nitrogens is 1. The van der Waals surface area contributed by atoms with Gasteiger partial charge in [-0.05, 0) is 68.3 Å². The van der Waals surface area contributed by atoms with Gasteiger partial charge in [-0.3, -0.25) is 9.59 Å². The normalized spacial score (nSPS) is 16.1. The van der Waals surface area contributed by atoms with Crippen LogP contribution >= 0.6 is 0 Å². The lowest BCUT2D eigenvalue weighted by Crippen LogP contribution is -2.54. The first kappa shape index (κ1) is 27.9. The number of aromatic nitrogens is 2. The SMILES string of the molecule is CC(C)(C)OC(=O)N[C@H](Cc1c[nH]c2ccccc12)C(=O)N1CCC[C@H]1C(=O)NCc1ccc2c(N)nccc2c1. The van der Waals surface area contributed by atoms with Crippen molar-refractivity contribution in [1.82, 2.24) is 25.5 Å². The molecule has 41 heavy (non-hydrogen) atoms. The number of nitrogens with one attached hydrogen (secondary N) is 3. The van der Waals surface area contributed by atoms with Crippen molar-refractivity contribution in [2.75, 3.05) is 12.3 Å². The van der Waals surface area contributed by atoms with E-state index in [2.05, 4.69) is 20.6 Å². The van der Waals surface area contributed by atoms with Gasteiger partial charge in [0.2, 0.25) is 11.8 Å². The van der Waals surface area contributed by atoms with E-state index in [1.165, 1.54) is 0 Å².